The maximum Gasteiger partial charge on any atom is 0.336 e. The molecule has 0 aliphatic heterocycles. The molecule has 2 fully saturated rings. The average molecular weight is 879 g/mol. The minimum Gasteiger partial charge on any atom is -0.478 e. The van der Waals surface area contributed by atoms with Crippen LogP contribution in [0.15, 0.2) is 131 Å². The minimum absolute atomic E-state index is 0.154. The lowest BCUT2D eigenvalue weighted by Gasteiger charge is -2.16. The van der Waals surface area contributed by atoms with Crippen LogP contribution in [0.2, 0.25) is 5.15 Å². The zero-order valence-corrected chi connectivity index (χ0v) is 34.6. The molecular weight excluding hydrogens is 840 g/mol. The van der Waals surface area contributed by atoms with Gasteiger partial charge in [-0.1, -0.05) is 29.8 Å². The van der Waals surface area contributed by atoms with Gasteiger partial charge in [-0.25, -0.2) is 34.3 Å². The first-order chi connectivity index (χ1) is 30.9. The molecule has 17 heteroatoms. The maximum absolute atomic E-state index is 12.7. The molecule has 5 heterocycles. The number of nitrogens with one attached hydrogen (secondary N) is 3. The SMILES string of the molecule is O=C(O)c1cccc2[nH]c(=O)ccc12.O=C(O)c1cccc2c1ccc(=O)n2-c1ccc(N[C@H]2CC[C@H](Nc3ncc(C4CC4)cn3)C2)nc1.O=C(O)c1cccc2nc(Cl)ccc12. The Morgan fingerprint density at radius 1 is 0.641 bits per heavy atom. The summed E-state index contributed by atoms with van der Waals surface area (Å²) in [6.07, 6.45) is 10.9. The minimum atomic E-state index is -1.03. The van der Waals surface area contributed by atoms with E-state index in [0.29, 0.717) is 61.5 Å². The molecule has 6 N–H and O–H groups in total. The first kappa shape index (κ1) is 42.7. The summed E-state index contributed by atoms with van der Waals surface area (Å²) in [7, 11) is 0. The summed E-state index contributed by atoms with van der Waals surface area (Å²) < 4.78 is 1.49. The molecule has 0 amide bonds. The number of anilines is 2. The Balaban J connectivity index is 0.000000163. The van der Waals surface area contributed by atoms with E-state index in [0.717, 1.165) is 25.1 Å². The molecule has 0 saturated heterocycles. The molecule has 2 aliphatic rings. The molecule has 0 radical (unpaired) electrons. The van der Waals surface area contributed by atoms with Gasteiger partial charge < -0.3 is 30.9 Å². The first-order valence-electron chi connectivity index (χ1n) is 20.3. The van der Waals surface area contributed by atoms with Gasteiger partial charge in [0.1, 0.15) is 11.0 Å². The number of benzene rings is 3. The third-order valence-corrected chi connectivity index (χ3v) is 11.1. The van der Waals surface area contributed by atoms with Gasteiger partial charge in [-0.05, 0) is 116 Å². The highest BCUT2D eigenvalue weighted by Gasteiger charge is 2.27. The zero-order chi connectivity index (χ0) is 44.9. The molecule has 64 heavy (non-hydrogen) atoms. The number of aromatic amines is 1. The van der Waals surface area contributed by atoms with E-state index in [1.54, 1.807) is 66.9 Å². The number of carbonyl (C=O) groups is 3. The number of carboxylic acid groups (broad SMARTS) is 3. The fourth-order valence-corrected chi connectivity index (χ4v) is 7.85. The number of aromatic carboxylic acids is 3. The predicted octanol–water partition coefficient (Wildman–Crippen LogP) is 8.01. The number of rotatable bonds is 9. The highest BCUT2D eigenvalue weighted by atomic mass is 35.5. The van der Waals surface area contributed by atoms with Crippen molar-refractivity contribution in [1.82, 2.24) is 29.5 Å². The van der Waals surface area contributed by atoms with Gasteiger partial charge in [0.05, 0.1) is 39.6 Å². The van der Waals surface area contributed by atoms with Crippen molar-refractivity contribution in [3.8, 4) is 5.69 Å². The van der Waals surface area contributed by atoms with Crippen molar-refractivity contribution < 1.29 is 29.7 Å². The third kappa shape index (κ3) is 9.72. The van der Waals surface area contributed by atoms with E-state index < -0.39 is 17.9 Å². The van der Waals surface area contributed by atoms with Crippen LogP contribution in [0, 0.1) is 0 Å². The molecule has 16 nitrogen and oxygen atoms in total. The summed E-state index contributed by atoms with van der Waals surface area (Å²) in [5, 5.41) is 36.2. The summed E-state index contributed by atoms with van der Waals surface area (Å²) in [5.74, 6) is -0.926. The van der Waals surface area contributed by atoms with E-state index in [4.69, 9.17) is 21.8 Å². The number of halogens is 1. The fourth-order valence-electron chi connectivity index (χ4n) is 7.69. The molecule has 0 unspecified atom stereocenters. The predicted molar refractivity (Wildman–Crippen MR) is 242 cm³/mol. The quantitative estimate of drug-likeness (QED) is 0.0753. The lowest BCUT2D eigenvalue weighted by atomic mass is 10.1. The van der Waals surface area contributed by atoms with Crippen LogP contribution >= 0.6 is 11.6 Å². The molecule has 2 saturated carbocycles. The topological polar surface area (TPSA) is 242 Å². The van der Waals surface area contributed by atoms with Crippen LogP contribution in [-0.2, 0) is 0 Å². The summed E-state index contributed by atoms with van der Waals surface area (Å²) in [4.78, 5) is 77.0. The Hall–Kier alpha value is -7.98. The number of fused-ring (bicyclic) bond motifs is 3. The molecule has 0 bridgehead atoms. The largest absolute Gasteiger partial charge is 0.478 e. The number of pyridine rings is 4. The molecule has 2 aliphatic carbocycles. The van der Waals surface area contributed by atoms with Gasteiger partial charge in [-0.3, -0.25) is 14.2 Å². The van der Waals surface area contributed by atoms with Crippen molar-refractivity contribution in [1.29, 1.82) is 0 Å². The molecule has 8 aromatic rings. The zero-order valence-electron chi connectivity index (χ0n) is 33.8. The smallest absolute Gasteiger partial charge is 0.336 e. The molecule has 3 aromatic carbocycles. The first-order valence-corrected chi connectivity index (χ1v) is 20.6. The van der Waals surface area contributed by atoms with Crippen molar-refractivity contribution in [2.45, 2.75) is 50.1 Å². The second-order valence-corrected chi connectivity index (χ2v) is 15.7. The van der Waals surface area contributed by atoms with Gasteiger partial charge in [-0.15, -0.1) is 0 Å². The van der Waals surface area contributed by atoms with Crippen molar-refractivity contribution in [2.24, 2.45) is 0 Å². The van der Waals surface area contributed by atoms with Crippen LogP contribution in [0.1, 0.15) is 74.7 Å². The highest BCUT2D eigenvalue weighted by molar-refractivity contribution is 6.29. The van der Waals surface area contributed by atoms with Crippen LogP contribution in [0.3, 0.4) is 0 Å². The number of hydrogen-bond donors (Lipinski definition) is 6. The van der Waals surface area contributed by atoms with Crippen LogP contribution < -0.4 is 21.8 Å². The van der Waals surface area contributed by atoms with Crippen molar-refractivity contribution in [3.63, 3.8) is 0 Å². The number of nitrogens with zero attached hydrogens (tertiary/aromatic N) is 5. The third-order valence-electron chi connectivity index (χ3n) is 10.9. The van der Waals surface area contributed by atoms with Crippen LogP contribution in [0.4, 0.5) is 11.8 Å². The Morgan fingerprint density at radius 3 is 1.94 bits per heavy atom. The number of aromatic nitrogens is 6. The van der Waals surface area contributed by atoms with E-state index in [-0.39, 0.29) is 33.9 Å². The summed E-state index contributed by atoms with van der Waals surface area (Å²) in [6, 6.07) is 27.8. The van der Waals surface area contributed by atoms with E-state index in [9.17, 15) is 29.1 Å². The van der Waals surface area contributed by atoms with Crippen molar-refractivity contribution in [2.75, 3.05) is 10.6 Å². The van der Waals surface area contributed by atoms with E-state index >= 15 is 0 Å². The molecular formula is C47H39ClN8O8. The van der Waals surface area contributed by atoms with Gasteiger partial charge in [0.25, 0.3) is 5.56 Å². The van der Waals surface area contributed by atoms with E-state index in [1.807, 2.05) is 24.5 Å². The second kappa shape index (κ2) is 18.6. The lowest BCUT2D eigenvalue weighted by molar-refractivity contribution is 0.0688. The molecule has 2 atom stereocenters. The molecule has 10 rings (SSSR count). The average Bonchev–Trinajstić information content (AvgIpc) is 4.05. The Bertz CT molecular complexity index is 3170. The van der Waals surface area contributed by atoms with Gasteiger partial charge >= 0.3 is 17.9 Å². The molecule has 322 valence electrons. The Labute approximate surface area is 368 Å². The van der Waals surface area contributed by atoms with Crippen LogP contribution in [-0.4, -0.2) is 74.8 Å². The number of carboxylic acids is 3. The van der Waals surface area contributed by atoms with Gasteiger partial charge in [0.15, 0.2) is 0 Å². The van der Waals surface area contributed by atoms with Gasteiger partial charge in [0.2, 0.25) is 11.5 Å². The standard InChI is InChI=1S/C27H26N6O3.C10H6ClNO2.C10H7NO3/c34-25-11-9-21-22(26(35)36)2-1-3-23(21)33(25)20-8-10-24(28-15-20)31-18-6-7-19(12-18)32-27-29-13-17(14-30-27)16-4-5-16;11-9-5-4-6-7(10(13)14)2-1-3-8(6)12-9;12-9-5-4-6-7(10(13)14)2-1-3-8(6)11-9/h1-3,8-11,13-16,18-19H,4-7,12H2,(H,28,31)(H,35,36)(H,29,30,32);1-5H,(H,13,14);1-5H,(H,11,12)(H,13,14)/t18-,19-;;/m0../s1. The van der Waals surface area contributed by atoms with Gasteiger partial charge in [0, 0.05) is 58.3 Å². The fraction of sp³-hybridized carbons (Fsp3) is 0.170. The van der Waals surface area contributed by atoms with Crippen molar-refractivity contribution in [3.05, 3.63) is 170 Å². The summed E-state index contributed by atoms with van der Waals surface area (Å²) >= 11 is 5.69. The number of hydrogen-bond acceptors (Lipinski definition) is 11. The normalized spacial score (nSPS) is 15.4. The highest BCUT2D eigenvalue weighted by Crippen LogP contribution is 2.39. The maximum atomic E-state index is 12.7. The Kier molecular flexibility index (Phi) is 12.4. The second-order valence-electron chi connectivity index (χ2n) is 15.3. The van der Waals surface area contributed by atoms with E-state index in [1.165, 1.54) is 53.3 Å². The number of H-pyrrole nitrogens is 1. The molecule has 5 aromatic heterocycles. The summed E-state index contributed by atoms with van der Waals surface area (Å²) in [6.45, 7) is 0. The van der Waals surface area contributed by atoms with Crippen molar-refractivity contribution >= 4 is 74.0 Å². The lowest BCUT2D eigenvalue weighted by Crippen LogP contribution is -2.22. The summed E-state index contributed by atoms with van der Waals surface area (Å²) in [5.41, 5.74) is 3.58. The van der Waals surface area contributed by atoms with Crippen LogP contribution in [0.5, 0.6) is 0 Å². The Morgan fingerprint density at radius 2 is 1.27 bits per heavy atom. The monoisotopic (exact) mass is 878 g/mol. The van der Waals surface area contributed by atoms with Crippen LogP contribution in [0.25, 0.3) is 38.4 Å². The molecule has 0 spiro atoms. The van der Waals surface area contributed by atoms with Gasteiger partial charge in [-0.2, -0.15) is 0 Å². The van der Waals surface area contributed by atoms with E-state index in [2.05, 4.69) is 35.6 Å².